The van der Waals surface area contributed by atoms with E-state index >= 15 is 0 Å². The molecule has 19 nitrogen and oxygen atoms in total. The van der Waals surface area contributed by atoms with Crippen molar-refractivity contribution in [3.63, 3.8) is 0 Å². The highest BCUT2D eigenvalue weighted by Crippen LogP contribution is 2.48. The quantitative estimate of drug-likeness (QED) is 0.0214. The lowest BCUT2D eigenvalue weighted by Crippen LogP contribution is -2.67. The Morgan fingerprint density at radius 3 is 1.36 bits per heavy atom. The van der Waals surface area contributed by atoms with Gasteiger partial charge in [-0.05, 0) is 32.5 Å². The molecule has 1 aliphatic carbocycles. The van der Waals surface area contributed by atoms with Gasteiger partial charge < -0.3 is 69.6 Å². The number of nitrogens with zero attached hydrogens (tertiary/aromatic N) is 1. The maximum Gasteiger partial charge on any atom is 0.472 e. The van der Waals surface area contributed by atoms with Crippen molar-refractivity contribution in [2.75, 3.05) is 39.5 Å². The van der Waals surface area contributed by atoms with Crippen LogP contribution < -0.4 is 0 Å². The van der Waals surface area contributed by atoms with Gasteiger partial charge >= 0.3 is 19.8 Å². The van der Waals surface area contributed by atoms with Crippen LogP contribution in [0.2, 0.25) is 0 Å². The Bertz CT molecular complexity index is 1330. The molecule has 0 amide bonds. The van der Waals surface area contributed by atoms with Gasteiger partial charge in [-0.15, -0.1) is 0 Å². The highest BCUT2D eigenvalue weighted by molar-refractivity contribution is 7.47. The highest BCUT2D eigenvalue weighted by Gasteiger charge is 2.55. The molecule has 2 rings (SSSR count). The predicted molar refractivity (Wildman–Crippen MR) is 260 cm³/mol. The molecule has 1 saturated heterocycles. The molecule has 20 heteroatoms. The zero-order valence-corrected chi connectivity index (χ0v) is 43.6. The first-order valence-corrected chi connectivity index (χ1v) is 27.9. The molecule has 0 aromatic heterocycles. The minimum absolute atomic E-state index is 0.0385. The van der Waals surface area contributed by atoms with Crippen molar-refractivity contribution in [2.24, 2.45) is 0 Å². The lowest BCUT2D eigenvalue weighted by Gasteiger charge is -2.47. The Morgan fingerprint density at radius 2 is 0.942 bits per heavy atom. The van der Waals surface area contributed by atoms with E-state index in [4.69, 9.17) is 28.0 Å². The summed E-state index contributed by atoms with van der Waals surface area (Å²) >= 11 is 0. The molecule has 0 aromatic carbocycles. The van der Waals surface area contributed by atoms with Gasteiger partial charge in [0, 0.05) is 12.8 Å². The number of carbonyl (C=O) groups excluding carboxylic acids is 2. The molecule has 69 heavy (non-hydrogen) atoms. The molecule has 1 unspecified atom stereocenters. The molecule has 9 N–H and O–H groups in total. The third-order valence-corrected chi connectivity index (χ3v) is 13.9. The molecule has 0 radical (unpaired) electrons. The number of unbranched alkanes of at least 4 members (excludes halogenated alkanes) is 20. The van der Waals surface area contributed by atoms with E-state index < -0.39 is 113 Å². The van der Waals surface area contributed by atoms with E-state index in [0.29, 0.717) is 12.8 Å². The lowest BCUT2D eigenvalue weighted by molar-refractivity contribution is -0.338. The summed E-state index contributed by atoms with van der Waals surface area (Å²) in [5.41, 5.74) is 0. The summed E-state index contributed by atoms with van der Waals surface area (Å²) in [6.07, 6.45) is 0.739. The van der Waals surface area contributed by atoms with Crippen molar-refractivity contribution in [1.82, 2.24) is 4.90 Å². The third kappa shape index (κ3) is 27.5. The van der Waals surface area contributed by atoms with Gasteiger partial charge in [-0.25, -0.2) is 4.57 Å². The Balaban J connectivity index is 0.00000314. The van der Waals surface area contributed by atoms with Crippen LogP contribution in [0.15, 0.2) is 0 Å². The number of phosphoric ester groups is 1. The summed E-state index contributed by atoms with van der Waals surface area (Å²) in [5, 5.41) is 82.7. The molecule has 1 saturated carbocycles. The van der Waals surface area contributed by atoms with Gasteiger partial charge in [0.2, 0.25) is 0 Å². The molecule has 2 fully saturated rings. The minimum atomic E-state index is -5.36. The third-order valence-electron chi connectivity index (χ3n) is 12.9. The van der Waals surface area contributed by atoms with Crippen molar-refractivity contribution >= 4 is 19.8 Å². The number of esters is 2. The first kappa shape index (κ1) is 65.6. The Morgan fingerprint density at radius 1 is 0.536 bits per heavy atom. The number of aliphatic hydroxyl groups is 8. The molecular formula is C49H96NO18P. The van der Waals surface area contributed by atoms with Crippen LogP contribution in [0.3, 0.4) is 0 Å². The number of rotatable bonds is 38. The van der Waals surface area contributed by atoms with Crippen molar-refractivity contribution in [3.05, 3.63) is 0 Å². The summed E-state index contributed by atoms with van der Waals surface area (Å²) in [5.74, 6) is -1.21. The van der Waals surface area contributed by atoms with Gasteiger partial charge in [0.15, 0.2) is 12.4 Å². The Labute approximate surface area is 413 Å². The number of aliphatic hydroxyl groups excluding tert-OH is 8. The van der Waals surface area contributed by atoms with Crippen LogP contribution in [0.25, 0.3) is 0 Å². The Hall–Kier alpha value is -1.39. The van der Waals surface area contributed by atoms with Crippen LogP contribution >= 0.6 is 7.82 Å². The number of hydrogen-bond acceptors (Lipinski definition) is 18. The molecule has 0 aromatic rings. The van der Waals surface area contributed by atoms with Gasteiger partial charge in [0.1, 0.15) is 67.6 Å². The van der Waals surface area contributed by atoms with Crippen LogP contribution in [0, 0.1) is 0 Å². The van der Waals surface area contributed by atoms with Gasteiger partial charge in [-0.2, -0.15) is 0 Å². The van der Waals surface area contributed by atoms with E-state index in [-0.39, 0.29) is 12.8 Å². The van der Waals surface area contributed by atoms with Crippen LogP contribution in [-0.2, 0) is 42.1 Å². The zero-order valence-electron chi connectivity index (χ0n) is 42.7. The molecule has 2 aliphatic rings. The molecule has 0 spiro atoms. The lowest BCUT2D eigenvalue weighted by atomic mass is 9.84. The normalized spacial score (nSPS) is 27.3. The molecule has 410 valence electrons. The minimum Gasteiger partial charge on any atom is -0.462 e. The molecular weight excluding hydrogens is 922 g/mol. The number of phosphoric acid groups is 1. The fourth-order valence-electron chi connectivity index (χ4n) is 8.31. The van der Waals surface area contributed by atoms with Gasteiger partial charge in [0.25, 0.3) is 0 Å². The van der Waals surface area contributed by atoms with Crippen LogP contribution in [0.5, 0.6) is 0 Å². The summed E-state index contributed by atoms with van der Waals surface area (Å²) in [6.45, 7) is 12.3. The van der Waals surface area contributed by atoms with Crippen molar-refractivity contribution in [2.45, 2.75) is 262 Å². The van der Waals surface area contributed by atoms with Crippen molar-refractivity contribution < 1.29 is 87.9 Å². The average molecular weight is 1020 g/mol. The Kier molecular flexibility index (Phi) is 37.2. The van der Waals surface area contributed by atoms with Crippen molar-refractivity contribution in [3.8, 4) is 0 Å². The van der Waals surface area contributed by atoms with E-state index in [9.17, 15) is 59.9 Å². The smallest absolute Gasteiger partial charge is 0.462 e. The fraction of sp³-hybridized carbons (Fsp3) is 0.959. The average Bonchev–Trinajstić information content (AvgIpc) is 3.33. The second kappa shape index (κ2) is 39.1. The SMILES string of the molecule is CCCCCCCCCCCCCC(=O)OC[C@H](COP(=O)(O)O[C@H]1[C@H](O)[C@@H](O)[C@H](O)[C@@H](O)[C@H]1O[C@H]1O[C@H](CO)[C@@H](O)[C@H](O)[C@@H]1O)OC(=O)CCCCCCCCCCCCC.CCN(CC)CC. The summed E-state index contributed by atoms with van der Waals surface area (Å²) < 4.78 is 45.3. The van der Waals surface area contributed by atoms with Crippen LogP contribution in [0.1, 0.15) is 189 Å². The first-order chi connectivity index (χ1) is 33.0. The maximum atomic E-state index is 13.3. The van der Waals surface area contributed by atoms with Crippen LogP contribution in [0.4, 0.5) is 0 Å². The largest absolute Gasteiger partial charge is 0.472 e. The molecule has 1 heterocycles. The fourth-order valence-corrected chi connectivity index (χ4v) is 9.28. The second-order valence-corrected chi connectivity index (χ2v) is 20.0. The van der Waals surface area contributed by atoms with E-state index in [1.165, 1.54) is 96.7 Å². The van der Waals surface area contributed by atoms with E-state index in [2.05, 4.69) is 39.5 Å². The van der Waals surface area contributed by atoms with Gasteiger partial charge in [0.05, 0.1) is 13.2 Å². The van der Waals surface area contributed by atoms with Gasteiger partial charge in [-0.3, -0.25) is 18.6 Å². The molecule has 1 aliphatic heterocycles. The first-order valence-electron chi connectivity index (χ1n) is 26.4. The second-order valence-electron chi connectivity index (χ2n) is 18.6. The maximum absolute atomic E-state index is 13.3. The van der Waals surface area contributed by atoms with E-state index in [1.54, 1.807) is 0 Å². The molecule has 0 bridgehead atoms. The summed E-state index contributed by atoms with van der Waals surface area (Å²) in [6, 6.07) is 0. The monoisotopic (exact) mass is 1020 g/mol. The number of ether oxygens (including phenoxy) is 4. The predicted octanol–water partition coefficient (Wildman–Crippen LogP) is 5.34. The zero-order chi connectivity index (χ0) is 51.6. The van der Waals surface area contributed by atoms with Crippen molar-refractivity contribution in [1.29, 1.82) is 0 Å². The van der Waals surface area contributed by atoms with E-state index in [0.717, 1.165) is 51.4 Å². The molecule has 13 atom stereocenters. The summed E-state index contributed by atoms with van der Waals surface area (Å²) in [4.78, 5) is 38.7. The van der Waals surface area contributed by atoms with E-state index in [1.807, 2.05) is 0 Å². The van der Waals surface area contributed by atoms with Gasteiger partial charge in [-0.1, -0.05) is 163 Å². The number of hydrogen-bond donors (Lipinski definition) is 9. The highest BCUT2D eigenvalue weighted by atomic mass is 31.2. The van der Waals surface area contributed by atoms with Crippen LogP contribution in [-0.4, -0.2) is 175 Å². The number of carbonyl (C=O) groups is 2. The standard InChI is InChI=1S/C43H81O18P.C6H15N/c1-3-5-7-9-11-13-15-17-19-21-23-25-32(45)56-28-30(58-33(46)26-24-22-20-18-16-14-12-10-8-6-4-2)29-57-62(54,55)61-42-39(52)37(50)36(49)38(51)41(42)60-43-40(53)35(48)34(47)31(27-44)59-43;1-4-7(5-2)6-3/h30-31,34-44,47-53H,3-29H2,1-2H3,(H,54,55);4-6H2,1-3H3/t30-,31-,34-,35+,36+,37+,38-,39-,40+,41-,42+,43-;/m1./s1. The summed E-state index contributed by atoms with van der Waals surface area (Å²) in [7, 11) is -5.36. The topological polar surface area (TPSA) is 292 Å².